The minimum atomic E-state index is -2.18. The third-order valence-electron chi connectivity index (χ3n) is 11.5. The highest BCUT2D eigenvalue weighted by molar-refractivity contribution is 6.58. The molecule has 2 saturated heterocycles. The van der Waals surface area contributed by atoms with Gasteiger partial charge >= 0.3 is 0 Å². The van der Waals surface area contributed by atoms with E-state index in [-0.39, 0.29) is 29.8 Å². The molecule has 2 aliphatic heterocycles. The molecule has 0 spiro atoms. The molecule has 0 unspecified atom stereocenters. The molecule has 4 amide bonds. The van der Waals surface area contributed by atoms with E-state index < -0.39 is 62.9 Å². The summed E-state index contributed by atoms with van der Waals surface area (Å²) >= 11 is 14.9. The Hall–Kier alpha value is -5.65. The lowest BCUT2D eigenvalue weighted by Crippen LogP contribution is -2.60. The molecule has 4 aliphatic rings. The molecule has 0 aromatic heterocycles. The SMILES string of the molecule is C=CCc1cccc([C@H]2C3=CC[C@@H]4C(=O)N(c5ccc(N=Nc6ccc(N(C)C)cc6)cc5)C(=O)[C@@H]4[C@@H]3C[C@@]3(Cl)C(=O)N(c4ccc(F)cc4)C(=O)[C@@]23Cl)c1O. The van der Waals surface area contributed by atoms with E-state index in [1.807, 2.05) is 43.3 Å². The standard InChI is InChI=1S/C43H36Cl2FN5O5/c1-4-6-24-7-5-8-33(37(24)52)36-31-21-22-32-35(34(31)23-42(44)40(55)51(41(56)43(36,42)45)30-15-9-25(46)10-16-30)39(54)50(38(32)53)29-19-13-27(14-20-29)48-47-26-11-17-28(18-12-26)49(2)3/h4-5,7-21,32,34-36,52H,1,6,22-23H2,2-3H3/t32-,34+,35-,36+,42+,43-/m0/s1. The largest absolute Gasteiger partial charge is 0.507 e. The van der Waals surface area contributed by atoms with E-state index in [0.29, 0.717) is 34.6 Å². The first-order valence-electron chi connectivity index (χ1n) is 18.1. The number of phenols is 1. The van der Waals surface area contributed by atoms with Crippen molar-refractivity contribution in [3.8, 4) is 5.75 Å². The molecule has 4 aromatic rings. The van der Waals surface area contributed by atoms with Gasteiger partial charge in [-0.3, -0.25) is 24.1 Å². The van der Waals surface area contributed by atoms with Gasteiger partial charge in [-0.05, 0) is 104 Å². The van der Waals surface area contributed by atoms with Gasteiger partial charge in [0.25, 0.3) is 11.8 Å². The van der Waals surface area contributed by atoms with E-state index >= 15 is 0 Å². The number of carbonyl (C=O) groups excluding carboxylic acids is 4. The van der Waals surface area contributed by atoms with Crippen molar-refractivity contribution in [1.29, 1.82) is 0 Å². The Balaban J connectivity index is 1.17. The van der Waals surface area contributed by atoms with Crippen molar-refractivity contribution < 1.29 is 28.7 Å². The van der Waals surface area contributed by atoms with Gasteiger partial charge in [0.15, 0.2) is 9.75 Å². The van der Waals surface area contributed by atoms with E-state index in [1.165, 1.54) is 12.1 Å². The number of halogens is 3. The van der Waals surface area contributed by atoms with Crippen LogP contribution < -0.4 is 14.7 Å². The number of phenolic OH excluding ortho intramolecular Hbond substituents is 1. The van der Waals surface area contributed by atoms with Gasteiger partial charge in [0, 0.05) is 31.3 Å². The number of anilines is 3. The maximum atomic E-state index is 14.6. The number of hydrogen-bond acceptors (Lipinski definition) is 8. The summed E-state index contributed by atoms with van der Waals surface area (Å²) in [4.78, 5) is 57.5. The van der Waals surface area contributed by atoms with E-state index in [1.54, 1.807) is 54.6 Å². The van der Waals surface area contributed by atoms with Crippen molar-refractivity contribution >= 4 is 75.3 Å². The molecule has 1 N–H and O–H groups in total. The van der Waals surface area contributed by atoms with Crippen LogP contribution in [-0.4, -0.2) is 52.6 Å². The second-order valence-corrected chi connectivity index (χ2v) is 16.0. The first kappa shape index (κ1) is 37.3. The number of aromatic hydroxyl groups is 1. The summed E-state index contributed by atoms with van der Waals surface area (Å²) in [7, 11) is 3.89. The number of para-hydroxylation sites is 1. The van der Waals surface area contributed by atoms with Crippen molar-refractivity contribution in [2.75, 3.05) is 28.8 Å². The predicted octanol–water partition coefficient (Wildman–Crippen LogP) is 8.51. The second-order valence-electron chi connectivity index (χ2n) is 14.7. The smallest absolute Gasteiger partial charge is 0.258 e. The molecular weight excluding hydrogens is 756 g/mol. The van der Waals surface area contributed by atoms with Crippen LogP contribution in [-0.2, 0) is 25.6 Å². The quantitative estimate of drug-likeness (QED) is 0.0827. The molecule has 2 heterocycles. The average Bonchev–Trinajstić information content (AvgIpc) is 3.53. The Bertz CT molecular complexity index is 2370. The number of hydrogen-bond donors (Lipinski definition) is 1. The molecule has 284 valence electrons. The summed E-state index contributed by atoms with van der Waals surface area (Å²) in [5, 5.41) is 20.3. The molecule has 1 saturated carbocycles. The number of nitrogens with zero attached hydrogens (tertiary/aromatic N) is 5. The average molecular weight is 793 g/mol. The Morgan fingerprint density at radius 2 is 1.45 bits per heavy atom. The Morgan fingerprint density at radius 1 is 0.839 bits per heavy atom. The topological polar surface area (TPSA) is 123 Å². The minimum absolute atomic E-state index is 0.0672. The monoisotopic (exact) mass is 791 g/mol. The van der Waals surface area contributed by atoms with Crippen LogP contribution >= 0.6 is 23.2 Å². The molecule has 2 aliphatic carbocycles. The molecule has 6 atom stereocenters. The number of rotatable bonds is 8. The second kappa shape index (κ2) is 13.8. The molecular formula is C43H36Cl2FN5O5. The lowest BCUT2D eigenvalue weighted by Gasteiger charge is -2.50. The summed E-state index contributed by atoms with van der Waals surface area (Å²) in [6, 6.07) is 24.0. The van der Waals surface area contributed by atoms with Crippen LogP contribution in [0.25, 0.3) is 0 Å². The van der Waals surface area contributed by atoms with E-state index in [9.17, 15) is 28.7 Å². The van der Waals surface area contributed by atoms with Crippen LogP contribution in [0.3, 0.4) is 0 Å². The fourth-order valence-electron chi connectivity index (χ4n) is 8.76. The number of imide groups is 2. The van der Waals surface area contributed by atoms with Crippen molar-refractivity contribution in [2.24, 2.45) is 28.0 Å². The van der Waals surface area contributed by atoms with E-state index in [0.717, 1.165) is 27.6 Å². The third-order valence-corrected chi connectivity index (χ3v) is 12.9. The number of allylic oxidation sites excluding steroid dienone is 3. The number of alkyl halides is 2. The fraction of sp³-hybridized carbons (Fsp3) is 0.256. The molecule has 10 nitrogen and oxygen atoms in total. The predicted molar refractivity (Wildman–Crippen MR) is 212 cm³/mol. The van der Waals surface area contributed by atoms with Crippen LogP contribution in [0, 0.1) is 23.6 Å². The number of carbonyl (C=O) groups is 4. The van der Waals surface area contributed by atoms with Crippen molar-refractivity contribution in [2.45, 2.75) is 34.9 Å². The van der Waals surface area contributed by atoms with Crippen molar-refractivity contribution in [3.63, 3.8) is 0 Å². The lowest BCUT2D eigenvalue weighted by atomic mass is 9.56. The first-order valence-corrected chi connectivity index (χ1v) is 18.9. The zero-order chi connectivity index (χ0) is 39.7. The summed E-state index contributed by atoms with van der Waals surface area (Å²) in [6.45, 7) is 3.78. The van der Waals surface area contributed by atoms with Gasteiger partial charge in [-0.2, -0.15) is 10.2 Å². The maximum absolute atomic E-state index is 14.6. The van der Waals surface area contributed by atoms with Crippen LogP contribution in [0.2, 0.25) is 0 Å². The van der Waals surface area contributed by atoms with Gasteiger partial charge < -0.3 is 10.0 Å². The number of fused-ring (bicyclic) bond motifs is 4. The van der Waals surface area contributed by atoms with Crippen LogP contribution in [0.4, 0.5) is 32.8 Å². The van der Waals surface area contributed by atoms with E-state index in [4.69, 9.17) is 23.2 Å². The first-order chi connectivity index (χ1) is 26.8. The Kier molecular flexibility index (Phi) is 9.20. The van der Waals surface area contributed by atoms with Gasteiger partial charge in [0.2, 0.25) is 11.8 Å². The zero-order valence-electron chi connectivity index (χ0n) is 30.4. The zero-order valence-corrected chi connectivity index (χ0v) is 31.9. The van der Waals surface area contributed by atoms with Gasteiger partial charge in [-0.15, -0.1) is 29.8 Å². The molecule has 0 radical (unpaired) electrons. The van der Waals surface area contributed by atoms with Gasteiger partial charge in [-0.1, -0.05) is 35.9 Å². The number of azo groups is 1. The molecule has 4 aromatic carbocycles. The lowest BCUT2D eigenvalue weighted by molar-refractivity contribution is -0.125. The summed E-state index contributed by atoms with van der Waals surface area (Å²) in [5.41, 5.74) is 3.88. The van der Waals surface area contributed by atoms with Crippen molar-refractivity contribution in [1.82, 2.24) is 0 Å². The van der Waals surface area contributed by atoms with Crippen molar-refractivity contribution in [3.05, 3.63) is 132 Å². The molecule has 13 heteroatoms. The van der Waals surface area contributed by atoms with Crippen LogP contribution in [0.5, 0.6) is 5.75 Å². The maximum Gasteiger partial charge on any atom is 0.258 e. The molecule has 3 fully saturated rings. The van der Waals surface area contributed by atoms with Gasteiger partial charge in [0.05, 0.1) is 34.6 Å². The van der Waals surface area contributed by atoms with Gasteiger partial charge in [-0.25, -0.2) is 9.29 Å². The Morgan fingerprint density at radius 3 is 2.07 bits per heavy atom. The summed E-state index contributed by atoms with van der Waals surface area (Å²) < 4.78 is 14.0. The normalized spacial score (nSPS) is 27.0. The fourth-order valence-corrected chi connectivity index (χ4v) is 9.69. The molecule has 8 rings (SSSR count). The van der Waals surface area contributed by atoms with Crippen LogP contribution in [0.1, 0.15) is 29.9 Å². The highest BCUT2D eigenvalue weighted by Crippen LogP contribution is 2.66. The number of amides is 4. The highest BCUT2D eigenvalue weighted by Gasteiger charge is 2.77. The summed E-state index contributed by atoms with van der Waals surface area (Å²) in [5.74, 6) is -7.05. The molecule has 56 heavy (non-hydrogen) atoms. The number of benzene rings is 4. The van der Waals surface area contributed by atoms with Gasteiger partial charge in [0.1, 0.15) is 11.6 Å². The third kappa shape index (κ3) is 5.58. The molecule has 0 bridgehead atoms. The van der Waals surface area contributed by atoms with Crippen LogP contribution in [0.15, 0.2) is 126 Å². The summed E-state index contributed by atoms with van der Waals surface area (Å²) in [6.07, 6.45) is 3.61. The Labute approximate surface area is 332 Å². The highest BCUT2D eigenvalue weighted by atomic mass is 35.5. The minimum Gasteiger partial charge on any atom is -0.507 e. The van der Waals surface area contributed by atoms with E-state index in [2.05, 4.69) is 16.8 Å².